The summed E-state index contributed by atoms with van der Waals surface area (Å²) >= 11 is 0. The van der Waals surface area contributed by atoms with Gasteiger partial charge in [0.15, 0.2) is 5.70 Å². The summed E-state index contributed by atoms with van der Waals surface area (Å²) in [5.74, 6) is 5.20. The van der Waals surface area contributed by atoms with Crippen LogP contribution in [0.2, 0.25) is 0 Å². The van der Waals surface area contributed by atoms with Gasteiger partial charge in [-0.2, -0.15) is 15.7 Å². The van der Waals surface area contributed by atoms with Gasteiger partial charge in [0.1, 0.15) is 11.9 Å². The Bertz CT molecular complexity index is 712. The number of hydrogen-bond acceptors (Lipinski definition) is 4. The molecule has 24 heavy (non-hydrogen) atoms. The van der Waals surface area contributed by atoms with E-state index in [1.54, 1.807) is 31.7 Å². The Morgan fingerprint density at radius 2 is 2.17 bits per heavy atom. The molecule has 1 aliphatic heterocycles. The van der Waals surface area contributed by atoms with Crippen molar-refractivity contribution in [3.63, 3.8) is 0 Å². The van der Waals surface area contributed by atoms with Crippen molar-refractivity contribution in [2.24, 2.45) is 10.8 Å². The lowest BCUT2D eigenvalue weighted by Crippen LogP contribution is -2.47. The highest BCUT2D eigenvalue weighted by Crippen LogP contribution is 2.27. The number of nitrogens with zero attached hydrogens (tertiary/aromatic N) is 3. The third-order valence-corrected chi connectivity index (χ3v) is 3.46. The van der Waals surface area contributed by atoms with E-state index in [-0.39, 0.29) is 40.9 Å². The van der Waals surface area contributed by atoms with E-state index in [1.807, 2.05) is 0 Å². The first-order valence-electron chi connectivity index (χ1n) is 6.69. The van der Waals surface area contributed by atoms with E-state index in [9.17, 15) is 9.18 Å². The molecule has 0 bridgehead atoms. The molecule has 0 saturated heterocycles. The van der Waals surface area contributed by atoms with Crippen LogP contribution >= 0.6 is 24.8 Å². The molecule has 2 atom stereocenters. The number of carbonyl (C=O) groups is 1. The Kier molecular flexibility index (Phi) is 8.03. The highest BCUT2D eigenvalue weighted by Gasteiger charge is 2.30. The predicted octanol–water partition coefficient (Wildman–Crippen LogP) is 2.31. The summed E-state index contributed by atoms with van der Waals surface area (Å²) in [6.45, 7) is 1.39. The molecule has 1 amide bonds. The Morgan fingerprint density at radius 1 is 1.50 bits per heavy atom. The molecule has 1 aromatic carbocycles. The summed E-state index contributed by atoms with van der Waals surface area (Å²) in [7, 11) is 1.76. The van der Waals surface area contributed by atoms with Crippen molar-refractivity contribution in [3.8, 4) is 6.07 Å². The minimum Gasteiger partial charge on any atom is -0.349 e. The topological polar surface area (TPSA) is 91.3 Å². The summed E-state index contributed by atoms with van der Waals surface area (Å²) in [6.07, 6.45) is 3.59. The molecule has 6 nitrogen and oxygen atoms in total. The van der Waals surface area contributed by atoms with Gasteiger partial charge in [0, 0.05) is 6.92 Å². The van der Waals surface area contributed by atoms with Crippen LogP contribution in [-0.4, -0.2) is 23.9 Å². The lowest BCUT2D eigenvalue weighted by Gasteiger charge is -2.25. The monoisotopic (exact) mass is 374 g/mol. The molecule has 0 radical (unpaired) electrons. The van der Waals surface area contributed by atoms with Crippen LogP contribution in [-0.2, 0) is 4.79 Å². The van der Waals surface area contributed by atoms with Gasteiger partial charge in [-0.15, -0.1) is 24.8 Å². The molecule has 0 aliphatic carbocycles. The van der Waals surface area contributed by atoms with Gasteiger partial charge in [0.25, 0.3) is 0 Å². The molecular formula is C15H19Cl2FN5O+. The van der Waals surface area contributed by atoms with E-state index < -0.39 is 11.9 Å². The molecule has 0 spiro atoms. The number of quaternary nitrogens is 1. The SMILES string of the molecule is CC(=O)NC(CC1=CN=C[N+]1(C)N)c1ccc(C#N)c(F)c1.Cl.Cl. The van der Waals surface area contributed by atoms with Crippen LogP contribution in [0.3, 0.4) is 0 Å². The van der Waals surface area contributed by atoms with Crippen LogP contribution in [0, 0.1) is 17.1 Å². The minimum absolute atomic E-state index is 0. The Labute approximate surface area is 152 Å². The maximum atomic E-state index is 13.8. The summed E-state index contributed by atoms with van der Waals surface area (Å²) in [4.78, 5) is 15.4. The number of benzene rings is 1. The van der Waals surface area contributed by atoms with Crippen molar-refractivity contribution in [1.82, 2.24) is 5.32 Å². The zero-order chi connectivity index (χ0) is 16.3. The second kappa shape index (κ2) is 8.76. The number of halogens is 3. The second-order valence-corrected chi connectivity index (χ2v) is 5.34. The van der Waals surface area contributed by atoms with Crippen molar-refractivity contribution in [2.75, 3.05) is 7.05 Å². The van der Waals surface area contributed by atoms with Gasteiger partial charge in [-0.1, -0.05) is 6.07 Å². The van der Waals surface area contributed by atoms with Gasteiger partial charge in [-0.25, -0.2) is 9.38 Å². The zero-order valence-electron chi connectivity index (χ0n) is 13.2. The molecule has 3 N–H and O–H groups in total. The number of nitrogens with two attached hydrogens (primary N) is 1. The highest BCUT2D eigenvalue weighted by molar-refractivity contribution is 5.85. The van der Waals surface area contributed by atoms with Crippen molar-refractivity contribution in [2.45, 2.75) is 19.4 Å². The molecule has 0 saturated carbocycles. The predicted molar refractivity (Wildman–Crippen MR) is 93.7 cm³/mol. The molecule has 2 rings (SSSR count). The largest absolute Gasteiger partial charge is 0.349 e. The van der Waals surface area contributed by atoms with Crippen LogP contribution in [0.1, 0.15) is 30.5 Å². The number of carbonyl (C=O) groups excluding carboxylic acids is 1. The summed E-state index contributed by atoms with van der Waals surface area (Å²) in [5, 5.41) is 11.6. The average Bonchev–Trinajstić information content (AvgIpc) is 2.76. The third-order valence-electron chi connectivity index (χ3n) is 3.46. The first-order chi connectivity index (χ1) is 10.3. The molecule has 130 valence electrons. The molecule has 1 heterocycles. The molecular weight excluding hydrogens is 356 g/mol. The molecule has 9 heteroatoms. The van der Waals surface area contributed by atoms with Gasteiger partial charge in [-0.05, 0) is 17.7 Å². The molecule has 1 aromatic rings. The van der Waals surface area contributed by atoms with Crippen LogP contribution < -0.4 is 11.2 Å². The van der Waals surface area contributed by atoms with Gasteiger partial charge < -0.3 is 5.32 Å². The molecule has 0 aromatic heterocycles. The fraction of sp³-hybridized carbons (Fsp3) is 0.267. The number of rotatable bonds is 4. The molecule has 2 unspecified atom stereocenters. The highest BCUT2D eigenvalue weighted by atomic mass is 35.5. The van der Waals surface area contributed by atoms with E-state index >= 15 is 0 Å². The van der Waals surface area contributed by atoms with Crippen molar-refractivity contribution in [3.05, 3.63) is 47.0 Å². The van der Waals surface area contributed by atoms with Crippen LogP contribution in [0.15, 0.2) is 35.1 Å². The van der Waals surface area contributed by atoms with Gasteiger partial charge in [0.05, 0.1) is 31.3 Å². The van der Waals surface area contributed by atoms with E-state index in [4.69, 9.17) is 11.1 Å². The maximum absolute atomic E-state index is 13.8. The van der Waals surface area contributed by atoms with Crippen LogP contribution in [0.5, 0.6) is 0 Å². The summed E-state index contributed by atoms with van der Waals surface area (Å²) < 4.78 is 13.8. The van der Waals surface area contributed by atoms with E-state index in [0.29, 0.717) is 12.0 Å². The number of amides is 1. The Hall–Kier alpha value is -1.98. The Balaban J connectivity index is 0.00000264. The molecule has 1 aliphatic rings. The summed E-state index contributed by atoms with van der Waals surface area (Å²) in [5.41, 5.74) is 1.32. The fourth-order valence-corrected chi connectivity index (χ4v) is 2.25. The normalized spacial score (nSPS) is 19.4. The lowest BCUT2D eigenvalue weighted by molar-refractivity contribution is -0.785. The van der Waals surface area contributed by atoms with Crippen molar-refractivity contribution in [1.29, 1.82) is 5.26 Å². The molecule has 0 fully saturated rings. The van der Waals surface area contributed by atoms with Crippen molar-refractivity contribution < 1.29 is 13.8 Å². The first-order valence-corrected chi connectivity index (χ1v) is 6.69. The Morgan fingerprint density at radius 3 is 2.62 bits per heavy atom. The van der Waals surface area contributed by atoms with Crippen LogP contribution in [0.4, 0.5) is 4.39 Å². The average molecular weight is 375 g/mol. The maximum Gasteiger partial charge on any atom is 0.217 e. The van der Waals surface area contributed by atoms with Gasteiger partial charge in [0.2, 0.25) is 12.2 Å². The number of nitrogens with one attached hydrogen (secondary N) is 1. The van der Waals surface area contributed by atoms with Gasteiger partial charge in [-0.3, -0.25) is 4.79 Å². The smallest absolute Gasteiger partial charge is 0.217 e. The van der Waals surface area contributed by atoms with Crippen LogP contribution in [0.25, 0.3) is 0 Å². The summed E-state index contributed by atoms with van der Waals surface area (Å²) in [6, 6.07) is 5.60. The number of nitriles is 1. The number of aliphatic imine (C=N–C) groups is 1. The van der Waals surface area contributed by atoms with E-state index in [1.165, 1.54) is 19.1 Å². The van der Waals surface area contributed by atoms with Gasteiger partial charge >= 0.3 is 0 Å². The first kappa shape index (κ1) is 22.0. The minimum atomic E-state index is -0.614. The number of hydrogen-bond donors (Lipinski definition) is 2. The van der Waals surface area contributed by atoms with E-state index in [0.717, 1.165) is 5.70 Å². The van der Waals surface area contributed by atoms with Crippen molar-refractivity contribution >= 4 is 37.1 Å². The third kappa shape index (κ3) is 5.01. The fourth-order valence-electron chi connectivity index (χ4n) is 2.25. The zero-order valence-corrected chi connectivity index (χ0v) is 14.8. The van der Waals surface area contributed by atoms with E-state index in [2.05, 4.69) is 10.3 Å². The standard InChI is InChI=1S/C15H16FN5O.2ClH/c1-10(22)20-15(6-13-8-19-9-21(13,2)18)11-3-4-12(7-17)14(16)5-11;;/h3-5,8-9,15H,6,18H2,1-2H3;2*1H/p+1. The second-order valence-electron chi connectivity index (χ2n) is 5.34. The quantitative estimate of drug-likeness (QED) is 0.625. The lowest BCUT2D eigenvalue weighted by atomic mass is 10.00.